The number of aryl methyl sites for hydroxylation is 1. The molecule has 0 radical (unpaired) electrons. The van der Waals surface area contributed by atoms with Gasteiger partial charge in [0.2, 0.25) is 5.95 Å². The molecule has 7 nitrogen and oxygen atoms in total. The van der Waals surface area contributed by atoms with Gasteiger partial charge in [-0.15, -0.1) is 0 Å². The second-order valence-corrected chi connectivity index (χ2v) is 5.86. The number of hydrogen-bond donors (Lipinski definition) is 3. The fourth-order valence-electron chi connectivity index (χ4n) is 2.43. The first-order valence-corrected chi connectivity index (χ1v) is 8.36. The zero-order chi connectivity index (χ0) is 19.2. The Balaban J connectivity index is 1.81. The Bertz CT molecular complexity index is 973. The summed E-state index contributed by atoms with van der Waals surface area (Å²) in [6.07, 6.45) is 0. The van der Waals surface area contributed by atoms with E-state index in [1.54, 1.807) is 49.5 Å². The molecule has 7 heteroatoms. The zero-order valence-corrected chi connectivity index (χ0v) is 15.0. The highest BCUT2D eigenvalue weighted by molar-refractivity contribution is 6.05. The summed E-state index contributed by atoms with van der Waals surface area (Å²) in [7, 11) is 1.69. The van der Waals surface area contributed by atoms with Crippen LogP contribution in [-0.2, 0) is 0 Å². The molecule has 3 N–H and O–H groups in total. The van der Waals surface area contributed by atoms with Gasteiger partial charge in [-0.1, -0.05) is 35.9 Å². The van der Waals surface area contributed by atoms with Gasteiger partial charge < -0.3 is 10.6 Å². The third kappa shape index (κ3) is 4.66. The SMILES string of the molecule is CNc1cc(NC(=O)c2cccc(C)c2)nc(NC(=O)c2ccccc2)n1. The molecule has 0 aliphatic rings. The van der Waals surface area contributed by atoms with Gasteiger partial charge in [-0.3, -0.25) is 14.9 Å². The number of aromatic nitrogens is 2. The van der Waals surface area contributed by atoms with Gasteiger partial charge in [-0.05, 0) is 31.2 Å². The number of nitrogens with zero attached hydrogens (tertiary/aromatic N) is 2. The van der Waals surface area contributed by atoms with Crippen LogP contribution < -0.4 is 16.0 Å². The molecule has 0 fully saturated rings. The lowest BCUT2D eigenvalue weighted by atomic mass is 10.1. The fraction of sp³-hybridized carbons (Fsp3) is 0.100. The van der Waals surface area contributed by atoms with E-state index in [0.29, 0.717) is 16.9 Å². The van der Waals surface area contributed by atoms with E-state index in [-0.39, 0.29) is 23.6 Å². The number of hydrogen-bond acceptors (Lipinski definition) is 5. The summed E-state index contributed by atoms with van der Waals surface area (Å²) in [6.45, 7) is 1.91. The Labute approximate surface area is 156 Å². The summed E-state index contributed by atoms with van der Waals surface area (Å²) in [6, 6.07) is 17.6. The van der Waals surface area contributed by atoms with Gasteiger partial charge in [0.15, 0.2) is 0 Å². The molecule has 0 aliphatic heterocycles. The van der Waals surface area contributed by atoms with Crippen LogP contribution in [0, 0.1) is 6.92 Å². The highest BCUT2D eigenvalue weighted by atomic mass is 16.2. The highest BCUT2D eigenvalue weighted by Crippen LogP contribution is 2.16. The molecular formula is C20H19N5O2. The Morgan fingerprint density at radius 3 is 2.15 bits per heavy atom. The van der Waals surface area contributed by atoms with Crippen molar-refractivity contribution in [3.05, 3.63) is 77.4 Å². The van der Waals surface area contributed by atoms with Crippen LogP contribution in [0.1, 0.15) is 26.3 Å². The first kappa shape index (κ1) is 18.1. The standard InChI is InChI=1S/C20H19N5O2/c1-13-7-6-10-15(11-13)19(27)22-17-12-16(21-2)23-20(24-17)25-18(26)14-8-4-3-5-9-14/h3-12H,1-2H3,(H3,21,22,23,24,25,26,27). The van der Waals surface area contributed by atoms with E-state index >= 15 is 0 Å². The second-order valence-electron chi connectivity index (χ2n) is 5.86. The summed E-state index contributed by atoms with van der Waals surface area (Å²) < 4.78 is 0. The van der Waals surface area contributed by atoms with Crippen LogP contribution in [0.25, 0.3) is 0 Å². The first-order chi connectivity index (χ1) is 13.0. The van der Waals surface area contributed by atoms with Crippen molar-refractivity contribution in [2.45, 2.75) is 6.92 Å². The zero-order valence-electron chi connectivity index (χ0n) is 15.0. The Morgan fingerprint density at radius 1 is 0.778 bits per heavy atom. The van der Waals surface area contributed by atoms with Gasteiger partial charge in [-0.25, -0.2) is 0 Å². The van der Waals surface area contributed by atoms with Crippen molar-refractivity contribution in [1.29, 1.82) is 0 Å². The third-order valence-corrected chi connectivity index (χ3v) is 3.77. The van der Waals surface area contributed by atoms with Crippen LogP contribution in [-0.4, -0.2) is 28.8 Å². The van der Waals surface area contributed by atoms with Crippen LogP contribution >= 0.6 is 0 Å². The van der Waals surface area contributed by atoms with Gasteiger partial charge in [0.25, 0.3) is 11.8 Å². The summed E-state index contributed by atoms with van der Waals surface area (Å²) in [4.78, 5) is 33.2. The van der Waals surface area contributed by atoms with Crippen LogP contribution in [0.4, 0.5) is 17.6 Å². The summed E-state index contributed by atoms with van der Waals surface area (Å²) in [5.41, 5.74) is 1.99. The maximum absolute atomic E-state index is 12.4. The summed E-state index contributed by atoms with van der Waals surface area (Å²) in [5, 5.41) is 8.26. The molecule has 0 unspecified atom stereocenters. The molecule has 0 aliphatic carbocycles. The third-order valence-electron chi connectivity index (χ3n) is 3.77. The summed E-state index contributed by atoms with van der Waals surface area (Å²) in [5.74, 6) is 0.215. The molecule has 0 atom stereocenters. The molecule has 1 heterocycles. The van der Waals surface area contributed by atoms with E-state index in [0.717, 1.165) is 5.56 Å². The van der Waals surface area contributed by atoms with Gasteiger partial charge in [0.1, 0.15) is 11.6 Å². The summed E-state index contributed by atoms with van der Waals surface area (Å²) >= 11 is 0. The monoisotopic (exact) mass is 361 g/mol. The molecule has 2 amide bonds. The van der Waals surface area contributed by atoms with Gasteiger partial charge in [0, 0.05) is 24.2 Å². The minimum atomic E-state index is -0.334. The van der Waals surface area contributed by atoms with E-state index in [2.05, 4.69) is 25.9 Å². The average molecular weight is 361 g/mol. The molecule has 0 bridgehead atoms. The molecule has 2 aromatic carbocycles. The lowest BCUT2D eigenvalue weighted by Gasteiger charge is -2.10. The van der Waals surface area contributed by atoms with Crippen molar-refractivity contribution >= 4 is 29.4 Å². The van der Waals surface area contributed by atoms with Gasteiger partial charge in [-0.2, -0.15) is 9.97 Å². The van der Waals surface area contributed by atoms with E-state index < -0.39 is 0 Å². The van der Waals surface area contributed by atoms with Crippen LogP contribution in [0.15, 0.2) is 60.7 Å². The number of nitrogens with one attached hydrogen (secondary N) is 3. The molecule has 1 aromatic heterocycles. The fourth-order valence-corrected chi connectivity index (χ4v) is 2.43. The van der Waals surface area contributed by atoms with E-state index in [1.165, 1.54) is 0 Å². The lowest BCUT2D eigenvalue weighted by Crippen LogP contribution is -2.17. The maximum atomic E-state index is 12.4. The minimum Gasteiger partial charge on any atom is -0.373 e. The Kier molecular flexibility index (Phi) is 5.41. The van der Waals surface area contributed by atoms with E-state index in [9.17, 15) is 9.59 Å². The van der Waals surface area contributed by atoms with Crippen LogP contribution in [0.5, 0.6) is 0 Å². The second kappa shape index (κ2) is 8.09. The molecule has 3 rings (SSSR count). The Morgan fingerprint density at radius 2 is 1.44 bits per heavy atom. The van der Waals surface area contributed by atoms with Crippen molar-refractivity contribution < 1.29 is 9.59 Å². The van der Waals surface area contributed by atoms with Crippen LogP contribution in [0.3, 0.4) is 0 Å². The van der Waals surface area contributed by atoms with Crippen molar-refractivity contribution in [2.75, 3.05) is 23.0 Å². The van der Waals surface area contributed by atoms with E-state index in [1.807, 2.05) is 25.1 Å². The van der Waals surface area contributed by atoms with Crippen LogP contribution in [0.2, 0.25) is 0 Å². The first-order valence-electron chi connectivity index (χ1n) is 8.36. The predicted molar refractivity (Wildman–Crippen MR) is 105 cm³/mol. The quantitative estimate of drug-likeness (QED) is 0.648. The lowest BCUT2D eigenvalue weighted by molar-refractivity contribution is 0.101. The number of carbonyl (C=O) groups is 2. The normalized spacial score (nSPS) is 10.1. The molecular weight excluding hydrogens is 342 g/mol. The molecule has 0 saturated heterocycles. The Hall–Kier alpha value is -3.74. The smallest absolute Gasteiger partial charge is 0.258 e. The molecule has 0 spiro atoms. The number of amides is 2. The number of benzene rings is 2. The van der Waals surface area contributed by atoms with Crippen molar-refractivity contribution in [3.63, 3.8) is 0 Å². The predicted octanol–water partition coefficient (Wildman–Crippen LogP) is 3.33. The molecule has 27 heavy (non-hydrogen) atoms. The number of anilines is 3. The van der Waals surface area contributed by atoms with Gasteiger partial charge in [0.05, 0.1) is 0 Å². The maximum Gasteiger partial charge on any atom is 0.258 e. The molecule has 136 valence electrons. The highest BCUT2D eigenvalue weighted by Gasteiger charge is 2.12. The number of carbonyl (C=O) groups excluding carboxylic acids is 2. The van der Waals surface area contributed by atoms with E-state index in [4.69, 9.17) is 0 Å². The minimum absolute atomic E-state index is 0.0928. The topological polar surface area (TPSA) is 96.0 Å². The average Bonchev–Trinajstić information content (AvgIpc) is 2.68. The van der Waals surface area contributed by atoms with Crippen molar-refractivity contribution in [1.82, 2.24) is 9.97 Å². The van der Waals surface area contributed by atoms with Crippen molar-refractivity contribution in [3.8, 4) is 0 Å². The molecule has 0 saturated carbocycles. The largest absolute Gasteiger partial charge is 0.373 e. The van der Waals surface area contributed by atoms with Crippen molar-refractivity contribution in [2.24, 2.45) is 0 Å². The molecule has 3 aromatic rings. The van der Waals surface area contributed by atoms with Gasteiger partial charge >= 0.3 is 0 Å². The number of rotatable bonds is 5.